The molecule has 1 aliphatic rings. The van der Waals surface area contributed by atoms with E-state index in [4.69, 9.17) is 21.1 Å². The lowest BCUT2D eigenvalue weighted by Gasteiger charge is -2.16. The number of nitrogens with one attached hydrogen (secondary N) is 1. The number of hydrogen-bond acceptors (Lipinski definition) is 4. The Morgan fingerprint density at radius 2 is 2.30 bits per heavy atom. The molecule has 1 atom stereocenters. The summed E-state index contributed by atoms with van der Waals surface area (Å²) < 4.78 is 10.6. The van der Waals surface area contributed by atoms with Gasteiger partial charge in [-0.05, 0) is 37.9 Å². The van der Waals surface area contributed by atoms with Gasteiger partial charge in [0.05, 0.1) is 6.61 Å². The zero-order valence-electron chi connectivity index (χ0n) is 13.8. The molecule has 1 aromatic carbocycles. The molecule has 1 unspecified atom stereocenters. The highest BCUT2D eigenvalue weighted by atomic mass is 35.5. The summed E-state index contributed by atoms with van der Waals surface area (Å²) >= 11 is 6.03. The fourth-order valence-corrected chi connectivity index (χ4v) is 2.87. The Morgan fingerprint density at radius 1 is 1.48 bits per heavy atom. The van der Waals surface area contributed by atoms with Crippen LogP contribution >= 0.6 is 11.6 Å². The zero-order valence-corrected chi connectivity index (χ0v) is 14.6. The van der Waals surface area contributed by atoms with Crippen molar-refractivity contribution in [2.45, 2.75) is 13.3 Å². The van der Waals surface area contributed by atoms with Crippen LogP contribution in [0.5, 0.6) is 5.75 Å². The third-order valence-corrected chi connectivity index (χ3v) is 4.56. The van der Waals surface area contributed by atoms with E-state index in [1.165, 1.54) is 0 Å². The second-order valence-corrected chi connectivity index (χ2v) is 6.31. The van der Waals surface area contributed by atoms with Crippen molar-refractivity contribution >= 4 is 17.5 Å². The molecule has 23 heavy (non-hydrogen) atoms. The minimum atomic E-state index is -0.0975. The molecule has 1 aliphatic heterocycles. The number of benzene rings is 1. The van der Waals surface area contributed by atoms with Crippen molar-refractivity contribution in [3.63, 3.8) is 0 Å². The monoisotopic (exact) mass is 340 g/mol. The van der Waals surface area contributed by atoms with Crippen LogP contribution in [0.15, 0.2) is 18.2 Å². The smallest absolute Gasteiger partial charge is 0.257 e. The first-order valence-corrected chi connectivity index (χ1v) is 8.34. The van der Waals surface area contributed by atoms with Crippen LogP contribution in [0.2, 0.25) is 5.02 Å². The van der Waals surface area contributed by atoms with E-state index in [0.29, 0.717) is 23.2 Å². The van der Waals surface area contributed by atoms with Gasteiger partial charge in [0.2, 0.25) is 0 Å². The molecule has 0 aromatic heterocycles. The van der Waals surface area contributed by atoms with Gasteiger partial charge in [0.25, 0.3) is 5.91 Å². The molecule has 6 heteroatoms. The van der Waals surface area contributed by atoms with E-state index in [0.717, 1.165) is 38.2 Å². The second kappa shape index (κ2) is 9.11. The summed E-state index contributed by atoms with van der Waals surface area (Å²) in [6, 6.07) is 5.44. The average molecular weight is 341 g/mol. The highest BCUT2D eigenvalue weighted by Crippen LogP contribution is 2.24. The van der Waals surface area contributed by atoms with Gasteiger partial charge in [0, 0.05) is 37.3 Å². The fraction of sp³-hybridized carbons (Fsp3) is 0.588. The van der Waals surface area contributed by atoms with E-state index in [1.807, 2.05) is 19.1 Å². The van der Waals surface area contributed by atoms with E-state index < -0.39 is 0 Å². The molecular weight excluding hydrogens is 316 g/mol. The Labute approximate surface area is 142 Å². The van der Waals surface area contributed by atoms with Crippen LogP contribution in [0.1, 0.15) is 12.0 Å². The largest absolute Gasteiger partial charge is 0.483 e. The molecule has 0 aliphatic carbocycles. The fourth-order valence-electron chi connectivity index (χ4n) is 2.70. The Morgan fingerprint density at radius 3 is 3.09 bits per heavy atom. The predicted molar refractivity (Wildman–Crippen MR) is 91.1 cm³/mol. The summed E-state index contributed by atoms with van der Waals surface area (Å²) in [5, 5.41) is 3.59. The lowest BCUT2D eigenvalue weighted by atomic mass is 10.1. The Balaban J connectivity index is 1.67. The minimum absolute atomic E-state index is 0.0152. The van der Waals surface area contributed by atoms with Gasteiger partial charge in [-0.15, -0.1) is 0 Å². The Hall–Kier alpha value is -1.30. The highest BCUT2D eigenvalue weighted by Gasteiger charge is 2.22. The van der Waals surface area contributed by atoms with Crippen molar-refractivity contribution in [1.82, 2.24) is 10.2 Å². The van der Waals surface area contributed by atoms with E-state index in [1.54, 1.807) is 13.2 Å². The van der Waals surface area contributed by atoms with Crippen LogP contribution in [0.25, 0.3) is 0 Å². The first kappa shape index (κ1) is 18.0. The molecule has 1 N–H and O–H groups in total. The van der Waals surface area contributed by atoms with Crippen LogP contribution in [-0.2, 0) is 9.53 Å². The van der Waals surface area contributed by atoms with Gasteiger partial charge in [-0.25, -0.2) is 0 Å². The highest BCUT2D eigenvalue weighted by molar-refractivity contribution is 6.31. The van der Waals surface area contributed by atoms with Crippen molar-refractivity contribution in [2.75, 3.05) is 46.5 Å². The molecule has 1 saturated heterocycles. The quantitative estimate of drug-likeness (QED) is 0.787. The van der Waals surface area contributed by atoms with Crippen molar-refractivity contribution < 1.29 is 14.3 Å². The van der Waals surface area contributed by atoms with Gasteiger partial charge < -0.3 is 19.7 Å². The maximum atomic E-state index is 11.9. The van der Waals surface area contributed by atoms with Crippen molar-refractivity contribution in [3.05, 3.63) is 28.8 Å². The number of carbonyl (C=O) groups is 1. The molecular formula is C17H25ClN2O3. The summed E-state index contributed by atoms with van der Waals surface area (Å²) in [7, 11) is 1.72. The summed E-state index contributed by atoms with van der Waals surface area (Å²) in [5.74, 6) is 1.06. The lowest BCUT2D eigenvalue weighted by Crippen LogP contribution is -2.34. The van der Waals surface area contributed by atoms with E-state index in [9.17, 15) is 4.79 Å². The molecule has 0 radical (unpaired) electrons. The van der Waals surface area contributed by atoms with E-state index >= 15 is 0 Å². The van der Waals surface area contributed by atoms with E-state index in [-0.39, 0.29) is 12.5 Å². The standard InChI is InChI=1S/C17H25ClN2O3/c1-13-15(18)4-3-5-16(13)23-12-17(21)19-10-14-6-7-20(11-14)8-9-22-2/h3-5,14H,6-12H2,1-2H3,(H,19,21). The third kappa shape index (κ3) is 5.68. The normalized spacial score (nSPS) is 18.1. The van der Waals surface area contributed by atoms with Gasteiger partial charge >= 0.3 is 0 Å². The minimum Gasteiger partial charge on any atom is -0.483 e. The molecule has 0 saturated carbocycles. The number of rotatable bonds is 8. The SMILES string of the molecule is COCCN1CCC(CNC(=O)COc2cccc(Cl)c2C)C1. The summed E-state index contributed by atoms with van der Waals surface area (Å²) in [4.78, 5) is 14.3. The number of halogens is 1. The second-order valence-electron chi connectivity index (χ2n) is 5.90. The number of ether oxygens (including phenoxy) is 2. The molecule has 1 fully saturated rings. The van der Waals surface area contributed by atoms with Crippen LogP contribution in [-0.4, -0.2) is 57.3 Å². The number of methoxy groups -OCH3 is 1. The van der Waals surface area contributed by atoms with Crippen molar-refractivity contribution in [3.8, 4) is 5.75 Å². The predicted octanol–water partition coefficient (Wildman–Crippen LogP) is 2.11. The zero-order chi connectivity index (χ0) is 16.7. The molecule has 1 aromatic rings. The van der Waals surface area contributed by atoms with Gasteiger partial charge in [-0.3, -0.25) is 4.79 Å². The molecule has 128 valence electrons. The molecule has 0 spiro atoms. The number of likely N-dealkylation sites (tertiary alicyclic amines) is 1. The topological polar surface area (TPSA) is 50.8 Å². The maximum absolute atomic E-state index is 11.9. The van der Waals surface area contributed by atoms with Gasteiger partial charge in [-0.2, -0.15) is 0 Å². The number of hydrogen-bond donors (Lipinski definition) is 1. The Kier molecular flexibility index (Phi) is 7.15. The molecule has 5 nitrogen and oxygen atoms in total. The van der Waals surface area contributed by atoms with Gasteiger partial charge in [0.15, 0.2) is 6.61 Å². The van der Waals surface area contributed by atoms with Crippen LogP contribution in [0.3, 0.4) is 0 Å². The maximum Gasteiger partial charge on any atom is 0.257 e. The van der Waals surface area contributed by atoms with Gasteiger partial charge in [0.1, 0.15) is 5.75 Å². The number of nitrogens with zero attached hydrogens (tertiary/aromatic N) is 1. The molecule has 1 amide bonds. The van der Waals surface area contributed by atoms with Crippen LogP contribution in [0, 0.1) is 12.8 Å². The van der Waals surface area contributed by atoms with Crippen molar-refractivity contribution in [2.24, 2.45) is 5.92 Å². The van der Waals surface area contributed by atoms with Gasteiger partial charge in [-0.1, -0.05) is 17.7 Å². The number of amides is 1. The van der Waals surface area contributed by atoms with E-state index in [2.05, 4.69) is 10.2 Å². The summed E-state index contributed by atoms with van der Waals surface area (Å²) in [6.45, 7) is 6.38. The summed E-state index contributed by atoms with van der Waals surface area (Å²) in [5.41, 5.74) is 0.853. The van der Waals surface area contributed by atoms with Crippen molar-refractivity contribution in [1.29, 1.82) is 0 Å². The lowest BCUT2D eigenvalue weighted by molar-refractivity contribution is -0.123. The molecule has 0 bridgehead atoms. The molecule has 2 rings (SSSR count). The number of carbonyl (C=O) groups excluding carboxylic acids is 1. The van der Waals surface area contributed by atoms with Crippen LogP contribution < -0.4 is 10.1 Å². The average Bonchev–Trinajstić information content (AvgIpc) is 3.00. The third-order valence-electron chi connectivity index (χ3n) is 4.15. The van der Waals surface area contributed by atoms with Crippen LogP contribution in [0.4, 0.5) is 0 Å². The Bertz CT molecular complexity index is 525. The molecule has 1 heterocycles. The first-order chi connectivity index (χ1) is 11.1. The summed E-state index contributed by atoms with van der Waals surface area (Å²) in [6.07, 6.45) is 1.11. The first-order valence-electron chi connectivity index (χ1n) is 7.96.